The van der Waals surface area contributed by atoms with Gasteiger partial charge in [0, 0.05) is 0 Å². The first-order valence-corrected chi connectivity index (χ1v) is 3.28. The predicted octanol–water partition coefficient (Wildman–Crippen LogP) is 0.531. The molecule has 0 aromatic carbocycles. The average molecular weight is 138 g/mol. The third-order valence-corrected chi connectivity index (χ3v) is 1.33. The van der Waals surface area contributed by atoms with Gasteiger partial charge in [0.05, 0.1) is 18.5 Å². The Labute approximate surface area is 59.7 Å². The Morgan fingerprint density at radius 2 is 2.40 bits per heavy atom. The van der Waals surface area contributed by atoms with Crippen LogP contribution in [0.3, 0.4) is 0 Å². The summed E-state index contributed by atoms with van der Waals surface area (Å²) in [5, 5.41) is 16.1. The smallest absolute Gasteiger partial charge is 0.0888 e. The molecule has 0 fully saturated rings. The monoisotopic (exact) mass is 138 g/mol. The van der Waals surface area contributed by atoms with Gasteiger partial charge in [-0.05, 0) is 18.1 Å². The number of aryl methyl sites for hydroxylation is 1. The quantitative estimate of drug-likeness (QED) is 0.648. The van der Waals surface area contributed by atoms with Gasteiger partial charge in [-0.25, -0.2) is 0 Å². The van der Waals surface area contributed by atoms with Crippen molar-refractivity contribution in [1.29, 1.82) is 0 Å². The molecule has 10 heavy (non-hydrogen) atoms. The number of aliphatic hydroxyl groups is 1. The molecule has 1 aromatic rings. The van der Waals surface area contributed by atoms with Crippen molar-refractivity contribution in [2.45, 2.75) is 20.0 Å². The third-order valence-electron chi connectivity index (χ3n) is 1.33. The zero-order chi connectivity index (χ0) is 7.40. The first-order valence-electron chi connectivity index (χ1n) is 3.28. The molecular weight excluding hydrogens is 128 g/mol. The predicted molar refractivity (Wildman–Crippen MR) is 37.3 cm³/mol. The zero-order valence-corrected chi connectivity index (χ0v) is 5.91. The van der Waals surface area contributed by atoms with Crippen LogP contribution in [-0.4, -0.2) is 15.3 Å². The number of hydrogen-bond acceptors (Lipinski definition) is 3. The molecular formula is C7H10N2O. The summed E-state index contributed by atoms with van der Waals surface area (Å²) in [4.78, 5) is 0. The zero-order valence-electron chi connectivity index (χ0n) is 5.91. The Kier molecular flexibility index (Phi) is 2.34. The maximum absolute atomic E-state index is 8.66. The molecule has 0 spiro atoms. The standard InChI is InChI=1S/C7H10N2O/c1-2-6-3-7(5-10)9-8-4-6/h3-4,10H,2,5H2,1H3. The number of nitrogens with zero attached hydrogens (tertiary/aromatic N) is 2. The Morgan fingerprint density at radius 3 is 3.00 bits per heavy atom. The lowest BCUT2D eigenvalue weighted by atomic mass is 10.2. The van der Waals surface area contributed by atoms with Gasteiger partial charge in [-0.2, -0.15) is 10.2 Å². The minimum absolute atomic E-state index is 0.0269. The van der Waals surface area contributed by atoms with Gasteiger partial charge in [-0.3, -0.25) is 0 Å². The van der Waals surface area contributed by atoms with Crippen molar-refractivity contribution in [3.8, 4) is 0 Å². The van der Waals surface area contributed by atoms with E-state index < -0.39 is 0 Å². The summed E-state index contributed by atoms with van der Waals surface area (Å²) in [6, 6.07) is 1.85. The largest absolute Gasteiger partial charge is 0.390 e. The summed E-state index contributed by atoms with van der Waals surface area (Å²) in [5.74, 6) is 0. The van der Waals surface area contributed by atoms with Gasteiger partial charge in [0.15, 0.2) is 0 Å². The van der Waals surface area contributed by atoms with Crippen molar-refractivity contribution in [2.24, 2.45) is 0 Å². The second-order valence-electron chi connectivity index (χ2n) is 2.07. The van der Waals surface area contributed by atoms with Crippen LogP contribution in [0, 0.1) is 0 Å². The first-order chi connectivity index (χ1) is 4.86. The Hall–Kier alpha value is -0.960. The van der Waals surface area contributed by atoms with Crippen molar-refractivity contribution in [2.75, 3.05) is 0 Å². The maximum atomic E-state index is 8.66. The fourth-order valence-electron chi connectivity index (χ4n) is 0.728. The number of hydrogen-bond donors (Lipinski definition) is 1. The summed E-state index contributed by atoms with van der Waals surface area (Å²) < 4.78 is 0. The molecule has 0 radical (unpaired) electrons. The lowest BCUT2D eigenvalue weighted by Crippen LogP contribution is -1.93. The highest BCUT2D eigenvalue weighted by molar-refractivity contribution is 5.11. The van der Waals surface area contributed by atoms with Crippen molar-refractivity contribution < 1.29 is 5.11 Å². The van der Waals surface area contributed by atoms with Gasteiger partial charge >= 0.3 is 0 Å². The summed E-state index contributed by atoms with van der Waals surface area (Å²) >= 11 is 0. The molecule has 3 nitrogen and oxygen atoms in total. The summed E-state index contributed by atoms with van der Waals surface area (Å²) in [6.45, 7) is 2.01. The second kappa shape index (κ2) is 3.27. The third kappa shape index (κ3) is 1.51. The number of rotatable bonds is 2. The van der Waals surface area contributed by atoms with Crippen LogP contribution >= 0.6 is 0 Å². The van der Waals surface area contributed by atoms with Crippen LogP contribution in [0.2, 0.25) is 0 Å². The first kappa shape index (κ1) is 7.15. The van der Waals surface area contributed by atoms with Crippen molar-refractivity contribution >= 4 is 0 Å². The second-order valence-corrected chi connectivity index (χ2v) is 2.07. The average Bonchev–Trinajstić information content (AvgIpc) is 2.05. The molecule has 54 valence electrons. The molecule has 0 atom stereocenters. The number of aromatic nitrogens is 2. The van der Waals surface area contributed by atoms with E-state index in [2.05, 4.69) is 10.2 Å². The lowest BCUT2D eigenvalue weighted by Gasteiger charge is -1.95. The molecule has 0 saturated carbocycles. The highest BCUT2D eigenvalue weighted by Crippen LogP contribution is 1.99. The van der Waals surface area contributed by atoms with Gasteiger partial charge in [0.1, 0.15) is 0 Å². The van der Waals surface area contributed by atoms with E-state index in [4.69, 9.17) is 5.11 Å². The van der Waals surface area contributed by atoms with E-state index in [9.17, 15) is 0 Å². The SMILES string of the molecule is CCc1cnnc(CO)c1. The van der Waals surface area contributed by atoms with Crippen LogP contribution in [0.15, 0.2) is 12.3 Å². The Bertz CT molecular complexity index is 193. The highest BCUT2D eigenvalue weighted by atomic mass is 16.3. The van der Waals surface area contributed by atoms with Crippen LogP contribution in [0.4, 0.5) is 0 Å². The van der Waals surface area contributed by atoms with Gasteiger partial charge in [0.25, 0.3) is 0 Å². The van der Waals surface area contributed by atoms with Crippen molar-refractivity contribution in [3.05, 3.63) is 23.5 Å². The van der Waals surface area contributed by atoms with Crippen LogP contribution < -0.4 is 0 Å². The van der Waals surface area contributed by atoms with Gasteiger partial charge in [0.2, 0.25) is 0 Å². The number of aliphatic hydroxyl groups excluding tert-OH is 1. The normalized spacial score (nSPS) is 9.80. The fraction of sp³-hybridized carbons (Fsp3) is 0.429. The topological polar surface area (TPSA) is 46.0 Å². The Morgan fingerprint density at radius 1 is 1.60 bits per heavy atom. The van der Waals surface area contributed by atoms with Crippen molar-refractivity contribution in [3.63, 3.8) is 0 Å². The van der Waals surface area contributed by atoms with E-state index in [-0.39, 0.29) is 6.61 Å². The molecule has 1 rings (SSSR count). The maximum Gasteiger partial charge on any atom is 0.0888 e. The van der Waals surface area contributed by atoms with E-state index in [1.165, 1.54) is 0 Å². The van der Waals surface area contributed by atoms with E-state index >= 15 is 0 Å². The van der Waals surface area contributed by atoms with Gasteiger partial charge in [-0.1, -0.05) is 6.92 Å². The van der Waals surface area contributed by atoms with Crippen molar-refractivity contribution in [1.82, 2.24) is 10.2 Å². The van der Waals surface area contributed by atoms with Crippen LogP contribution in [0.5, 0.6) is 0 Å². The van der Waals surface area contributed by atoms with Crippen LogP contribution in [-0.2, 0) is 13.0 Å². The molecule has 1 N–H and O–H groups in total. The van der Waals surface area contributed by atoms with E-state index in [0.29, 0.717) is 5.69 Å². The lowest BCUT2D eigenvalue weighted by molar-refractivity contribution is 0.275. The van der Waals surface area contributed by atoms with Crippen LogP contribution in [0.1, 0.15) is 18.2 Å². The highest BCUT2D eigenvalue weighted by Gasteiger charge is 1.93. The summed E-state index contributed by atoms with van der Waals surface area (Å²) in [6.07, 6.45) is 2.64. The molecule has 0 aliphatic carbocycles. The summed E-state index contributed by atoms with van der Waals surface area (Å²) in [7, 11) is 0. The molecule has 0 bridgehead atoms. The van der Waals surface area contributed by atoms with Crippen LogP contribution in [0.25, 0.3) is 0 Å². The molecule has 0 amide bonds. The van der Waals surface area contributed by atoms with E-state index in [0.717, 1.165) is 12.0 Å². The summed E-state index contributed by atoms with van der Waals surface area (Å²) in [5.41, 5.74) is 1.75. The van der Waals surface area contributed by atoms with Gasteiger partial charge in [-0.15, -0.1) is 0 Å². The molecule has 3 heteroatoms. The molecule has 0 saturated heterocycles. The molecule has 0 unspecified atom stereocenters. The molecule has 0 aliphatic heterocycles. The Balaban J connectivity index is 2.87. The molecule has 1 aromatic heterocycles. The van der Waals surface area contributed by atoms with E-state index in [1.807, 2.05) is 13.0 Å². The fourth-order valence-corrected chi connectivity index (χ4v) is 0.728. The molecule has 1 heterocycles. The van der Waals surface area contributed by atoms with E-state index in [1.54, 1.807) is 6.20 Å². The minimum Gasteiger partial charge on any atom is -0.390 e. The molecule has 0 aliphatic rings. The van der Waals surface area contributed by atoms with Gasteiger partial charge < -0.3 is 5.11 Å². The minimum atomic E-state index is -0.0269.